The predicted molar refractivity (Wildman–Crippen MR) is 73.6 cm³/mol. The van der Waals surface area contributed by atoms with Crippen molar-refractivity contribution in [2.24, 2.45) is 0 Å². The molecule has 2 heterocycles. The van der Waals surface area contributed by atoms with Gasteiger partial charge in [-0.05, 0) is 25.3 Å². The van der Waals surface area contributed by atoms with E-state index in [1.807, 2.05) is 30.8 Å². The number of carboxylic acids is 1. The van der Waals surface area contributed by atoms with E-state index in [9.17, 15) is 9.90 Å². The Morgan fingerprint density at radius 2 is 2.32 bits per heavy atom. The van der Waals surface area contributed by atoms with Crippen molar-refractivity contribution in [3.63, 3.8) is 0 Å². The van der Waals surface area contributed by atoms with Crippen LogP contribution in [0, 0.1) is 0 Å². The molecule has 6 nitrogen and oxygen atoms in total. The number of anilines is 2. The number of nitrogens with zero attached hydrogens (tertiary/aromatic N) is 4. The lowest BCUT2D eigenvalue weighted by molar-refractivity contribution is -0.143. The van der Waals surface area contributed by atoms with Gasteiger partial charge in [0.25, 0.3) is 0 Å². The second-order valence-corrected chi connectivity index (χ2v) is 5.05. The van der Waals surface area contributed by atoms with Gasteiger partial charge in [-0.1, -0.05) is 6.92 Å². The number of rotatable bonds is 4. The van der Waals surface area contributed by atoms with Crippen LogP contribution in [0.15, 0.2) is 12.3 Å². The number of hydrogen-bond donors (Lipinski definition) is 1. The van der Waals surface area contributed by atoms with Crippen LogP contribution in [0.1, 0.15) is 26.2 Å². The Hall–Kier alpha value is -1.85. The van der Waals surface area contributed by atoms with E-state index < -0.39 is 11.5 Å². The normalized spacial score (nSPS) is 22.6. The van der Waals surface area contributed by atoms with Gasteiger partial charge >= 0.3 is 5.97 Å². The molecule has 0 aliphatic carbocycles. The quantitative estimate of drug-likeness (QED) is 0.886. The van der Waals surface area contributed by atoms with Crippen LogP contribution in [0.25, 0.3) is 0 Å². The molecular weight excluding hydrogens is 244 g/mol. The van der Waals surface area contributed by atoms with Crippen molar-refractivity contribution in [1.82, 2.24) is 9.97 Å². The molecule has 0 saturated carbocycles. The molecule has 0 spiro atoms. The fourth-order valence-electron chi connectivity index (χ4n) is 2.66. The fourth-order valence-corrected chi connectivity index (χ4v) is 2.66. The molecule has 1 atom stereocenters. The fraction of sp³-hybridized carbons (Fsp3) is 0.615. The minimum atomic E-state index is -0.821. The molecular formula is C13H20N4O2. The minimum Gasteiger partial charge on any atom is -0.479 e. The Morgan fingerprint density at radius 1 is 1.58 bits per heavy atom. The molecule has 1 fully saturated rings. The average molecular weight is 264 g/mol. The van der Waals surface area contributed by atoms with Gasteiger partial charge < -0.3 is 14.9 Å². The van der Waals surface area contributed by atoms with Crippen molar-refractivity contribution >= 4 is 17.7 Å². The third kappa shape index (κ3) is 2.22. The van der Waals surface area contributed by atoms with Gasteiger partial charge in [0.2, 0.25) is 5.95 Å². The maximum absolute atomic E-state index is 11.7. The summed E-state index contributed by atoms with van der Waals surface area (Å²) in [7, 11) is 3.74. The summed E-state index contributed by atoms with van der Waals surface area (Å²) >= 11 is 0. The van der Waals surface area contributed by atoms with Crippen molar-refractivity contribution in [3.05, 3.63) is 12.3 Å². The topological polar surface area (TPSA) is 69.6 Å². The van der Waals surface area contributed by atoms with E-state index >= 15 is 0 Å². The Bertz CT molecular complexity index is 477. The van der Waals surface area contributed by atoms with Crippen LogP contribution in [0.3, 0.4) is 0 Å². The lowest BCUT2D eigenvalue weighted by atomic mass is 9.93. The molecule has 0 aromatic carbocycles. The summed E-state index contributed by atoms with van der Waals surface area (Å²) < 4.78 is 0. The number of carboxylic acid groups (broad SMARTS) is 1. The largest absolute Gasteiger partial charge is 0.479 e. The Labute approximate surface area is 113 Å². The highest BCUT2D eigenvalue weighted by Crippen LogP contribution is 2.36. The van der Waals surface area contributed by atoms with Gasteiger partial charge in [-0.3, -0.25) is 0 Å². The number of aromatic nitrogens is 2. The molecule has 1 aliphatic rings. The molecule has 1 unspecified atom stereocenters. The zero-order valence-corrected chi connectivity index (χ0v) is 11.6. The van der Waals surface area contributed by atoms with Crippen LogP contribution in [-0.4, -0.2) is 47.2 Å². The highest BCUT2D eigenvalue weighted by Gasteiger charge is 2.46. The average Bonchev–Trinajstić information content (AvgIpc) is 2.83. The Balaban J connectivity index is 2.40. The molecule has 1 saturated heterocycles. The van der Waals surface area contributed by atoms with Crippen molar-refractivity contribution < 1.29 is 9.90 Å². The summed E-state index contributed by atoms with van der Waals surface area (Å²) in [5, 5.41) is 9.58. The summed E-state index contributed by atoms with van der Waals surface area (Å²) in [5.41, 5.74) is -0.821. The third-order valence-corrected chi connectivity index (χ3v) is 3.78. The van der Waals surface area contributed by atoms with E-state index in [4.69, 9.17) is 0 Å². The first-order chi connectivity index (χ1) is 9.01. The van der Waals surface area contributed by atoms with E-state index in [1.54, 1.807) is 12.3 Å². The van der Waals surface area contributed by atoms with Crippen molar-refractivity contribution in [2.75, 3.05) is 30.4 Å². The molecule has 6 heteroatoms. The molecule has 19 heavy (non-hydrogen) atoms. The SMILES string of the molecule is CCC1(C(=O)O)CCCN1c1ccnc(N(C)C)n1. The molecule has 0 bridgehead atoms. The molecule has 2 rings (SSSR count). The summed E-state index contributed by atoms with van der Waals surface area (Å²) in [6.45, 7) is 2.64. The molecule has 1 N–H and O–H groups in total. The summed E-state index contributed by atoms with van der Waals surface area (Å²) in [6, 6.07) is 1.78. The first-order valence-corrected chi connectivity index (χ1v) is 6.52. The van der Waals surface area contributed by atoms with Gasteiger partial charge in [0.15, 0.2) is 0 Å². The van der Waals surface area contributed by atoms with Crippen LogP contribution in [0.5, 0.6) is 0 Å². The lowest BCUT2D eigenvalue weighted by Gasteiger charge is -2.34. The summed E-state index contributed by atoms with van der Waals surface area (Å²) in [4.78, 5) is 24.0. The van der Waals surface area contributed by atoms with Gasteiger partial charge in [0.1, 0.15) is 11.4 Å². The van der Waals surface area contributed by atoms with Crippen LogP contribution in [0.2, 0.25) is 0 Å². The second-order valence-electron chi connectivity index (χ2n) is 5.05. The van der Waals surface area contributed by atoms with Crippen molar-refractivity contribution in [2.45, 2.75) is 31.7 Å². The molecule has 1 aromatic heterocycles. The predicted octanol–water partition coefficient (Wildman–Crippen LogP) is 1.38. The first kappa shape index (κ1) is 13.6. The van der Waals surface area contributed by atoms with E-state index in [0.717, 1.165) is 13.0 Å². The highest BCUT2D eigenvalue weighted by molar-refractivity contribution is 5.84. The van der Waals surface area contributed by atoms with E-state index in [0.29, 0.717) is 24.6 Å². The van der Waals surface area contributed by atoms with Crippen molar-refractivity contribution in [1.29, 1.82) is 0 Å². The zero-order valence-electron chi connectivity index (χ0n) is 11.6. The maximum Gasteiger partial charge on any atom is 0.329 e. The van der Waals surface area contributed by atoms with Gasteiger partial charge in [-0.25, -0.2) is 9.78 Å². The van der Waals surface area contributed by atoms with Crippen LogP contribution in [-0.2, 0) is 4.79 Å². The van der Waals surface area contributed by atoms with Gasteiger partial charge in [-0.2, -0.15) is 4.98 Å². The Kier molecular flexibility index (Phi) is 3.59. The minimum absolute atomic E-state index is 0.573. The van der Waals surface area contributed by atoms with E-state index in [2.05, 4.69) is 9.97 Å². The Morgan fingerprint density at radius 3 is 2.89 bits per heavy atom. The van der Waals surface area contributed by atoms with Gasteiger partial charge in [-0.15, -0.1) is 0 Å². The summed E-state index contributed by atoms with van der Waals surface area (Å²) in [6.07, 6.45) is 3.80. The van der Waals surface area contributed by atoms with Crippen LogP contribution < -0.4 is 9.80 Å². The van der Waals surface area contributed by atoms with Crippen molar-refractivity contribution in [3.8, 4) is 0 Å². The number of aliphatic carboxylic acids is 1. The smallest absolute Gasteiger partial charge is 0.329 e. The van der Waals surface area contributed by atoms with Gasteiger partial charge in [0.05, 0.1) is 0 Å². The lowest BCUT2D eigenvalue weighted by Crippen LogP contribution is -2.50. The third-order valence-electron chi connectivity index (χ3n) is 3.78. The molecule has 1 aromatic rings. The second kappa shape index (κ2) is 5.03. The molecule has 104 valence electrons. The molecule has 0 radical (unpaired) electrons. The molecule has 1 aliphatic heterocycles. The van der Waals surface area contributed by atoms with Gasteiger partial charge in [0, 0.05) is 26.8 Å². The maximum atomic E-state index is 11.7. The van der Waals surface area contributed by atoms with E-state index in [-0.39, 0.29) is 0 Å². The van der Waals surface area contributed by atoms with E-state index in [1.165, 1.54) is 0 Å². The highest BCUT2D eigenvalue weighted by atomic mass is 16.4. The zero-order chi connectivity index (χ0) is 14.0. The first-order valence-electron chi connectivity index (χ1n) is 6.52. The monoisotopic (exact) mass is 264 g/mol. The number of hydrogen-bond acceptors (Lipinski definition) is 5. The number of carbonyl (C=O) groups is 1. The molecule has 0 amide bonds. The summed E-state index contributed by atoms with van der Waals surface area (Å²) in [5.74, 6) is 0.526. The van der Waals surface area contributed by atoms with Crippen LogP contribution >= 0.6 is 0 Å². The van der Waals surface area contributed by atoms with Crippen LogP contribution in [0.4, 0.5) is 11.8 Å². The standard InChI is InChI=1S/C13H20N4O2/c1-4-13(11(18)19)7-5-9-17(13)10-6-8-14-12(15-10)16(2)3/h6,8H,4-5,7,9H2,1-3H3,(H,18,19).